The standard InChI is InChI=1S/C12H21N5O2/c1-8(2)17(7-9-5-3-4-6-13-9)10-11(18)14-12(19)16-15-10/h8-9,13H,3-7H2,1-2H3,(H2,14,16,18,19). The molecule has 1 fully saturated rings. The first-order valence-corrected chi connectivity index (χ1v) is 6.77. The van der Waals surface area contributed by atoms with Crippen LogP contribution in [0, 0.1) is 0 Å². The van der Waals surface area contributed by atoms with E-state index in [2.05, 4.69) is 20.5 Å². The van der Waals surface area contributed by atoms with E-state index in [0.717, 1.165) is 19.5 Å². The highest BCUT2D eigenvalue weighted by atomic mass is 16.2. The Balaban J connectivity index is 2.19. The SMILES string of the molecule is CC(C)N(CC1CCCCN1)c1n[nH]c(=O)[nH]c1=O. The second kappa shape index (κ2) is 6.01. The number of rotatable bonds is 4. The zero-order chi connectivity index (χ0) is 13.8. The first-order valence-electron chi connectivity index (χ1n) is 6.77. The zero-order valence-electron chi connectivity index (χ0n) is 11.4. The Kier molecular flexibility index (Phi) is 4.36. The van der Waals surface area contributed by atoms with Crippen molar-refractivity contribution >= 4 is 5.82 Å². The monoisotopic (exact) mass is 267 g/mol. The molecule has 2 heterocycles. The topological polar surface area (TPSA) is 93.9 Å². The summed E-state index contributed by atoms with van der Waals surface area (Å²) in [6, 6.07) is 0.507. The van der Waals surface area contributed by atoms with Gasteiger partial charge in [0.25, 0.3) is 5.56 Å². The van der Waals surface area contributed by atoms with Crippen LogP contribution in [0.3, 0.4) is 0 Å². The van der Waals surface area contributed by atoms with Gasteiger partial charge in [0.1, 0.15) is 0 Å². The summed E-state index contributed by atoms with van der Waals surface area (Å²) in [5.74, 6) is 0.280. The van der Waals surface area contributed by atoms with Crippen LogP contribution in [0.4, 0.5) is 5.82 Å². The first-order chi connectivity index (χ1) is 9.08. The maximum atomic E-state index is 11.8. The molecule has 1 aromatic heterocycles. The summed E-state index contributed by atoms with van der Waals surface area (Å²) in [7, 11) is 0. The molecule has 7 heteroatoms. The van der Waals surface area contributed by atoms with Gasteiger partial charge in [-0.25, -0.2) is 9.89 Å². The van der Waals surface area contributed by atoms with E-state index in [1.165, 1.54) is 12.8 Å². The van der Waals surface area contributed by atoms with E-state index in [-0.39, 0.29) is 11.9 Å². The fourth-order valence-electron chi connectivity index (χ4n) is 2.40. The van der Waals surface area contributed by atoms with Crippen molar-refractivity contribution < 1.29 is 0 Å². The van der Waals surface area contributed by atoms with E-state index in [4.69, 9.17) is 0 Å². The molecule has 0 bridgehead atoms. The first kappa shape index (κ1) is 13.8. The largest absolute Gasteiger partial charge is 0.347 e. The van der Waals surface area contributed by atoms with Gasteiger partial charge in [-0.1, -0.05) is 6.42 Å². The molecular weight excluding hydrogens is 246 g/mol. The molecule has 0 aliphatic carbocycles. The van der Waals surface area contributed by atoms with Crippen molar-refractivity contribution in [2.45, 2.75) is 45.2 Å². The van der Waals surface area contributed by atoms with E-state index in [9.17, 15) is 9.59 Å². The Bertz CT molecular complexity index is 515. The molecule has 0 spiro atoms. The van der Waals surface area contributed by atoms with Crippen LogP contribution in [0.5, 0.6) is 0 Å². The number of hydrogen-bond acceptors (Lipinski definition) is 5. The molecule has 0 radical (unpaired) electrons. The molecule has 0 aromatic carbocycles. The van der Waals surface area contributed by atoms with Crippen LogP contribution in [-0.4, -0.2) is 40.4 Å². The lowest BCUT2D eigenvalue weighted by atomic mass is 10.0. The van der Waals surface area contributed by atoms with E-state index < -0.39 is 11.2 Å². The maximum Gasteiger partial charge on any atom is 0.342 e. The molecular formula is C12H21N5O2. The lowest BCUT2D eigenvalue weighted by Gasteiger charge is -2.33. The van der Waals surface area contributed by atoms with Gasteiger partial charge >= 0.3 is 5.69 Å². The van der Waals surface area contributed by atoms with E-state index >= 15 is 0 Å². The molecule has 1 unspecified atom stereocenters. The average Bonchev–Trinajstić information content (AvgIpc) is 2.38. The molecule has 0 saturated carbocycles. The third-order valence-corrected chi connectivity index (χ3v) is 3.42. The van der Waals surface area contributed by atoms with Crippen LogP contribution in [-0.2, 0) is 0 Å². The summed E-state index contributed by atoms with van der Waals surface area (Å²) in [5.41, 5.74) is -1.01. The minimum atomic E-state index is -0.576. The Hall–Kier alpha value is -1.63. The molecule has 1 aromatic rings. The van der Waals surface area contributed by atoms with Gasteiger partial charge in [0.15, 0.2) is 0 Å². The minimum Gasteiger partial charge on any atom is -0.347 e. The molecule has 0 amide bonds. The fourth-order valence-corrected chi connectivity index (χ4v) is 2.40. The van der Waals surface area contributed by atoms with Gasteiger partial charge in [0, 0.05) is 18.6 Å². The highest BCUT2D eigenvalue weighted by Crippen LogP contribution is 2.13. The molecule has 19 heavy (non-hydrogen) atoms. The minimum absolute atomic E-state index is 0.142. The van der Waals surface area contributed by atoms with Crippen LogP contribution in [0.15, 0.2) is 9.59 Å². The van der Waals surface area contributed by atoms with Crippen molar-refractivity contribution in [1.82, 2.24) is 20.5 Å². The van der Waals surface area contributed by atoms with Gasteiger partial charge < -0.3 is 10.2 Å². The molecule has 1 aliphatic rings. The molecule has 2 rings (SSSR count). The van der Waals surface area contributed by atoms with Crippen LogP contribution in [0.2, 0.25) is 0 Å². The molecule has 1 aliphatic heterocycles. The fraction of sp³-hybridized carbons (Fsp3) is 0.750. The molecule has 7 nitrogen and oxygen atoms in total. The number of piperidine rings is 1. The Morgan fingerprint density at radius 1 is 1.37 bits per heavy atom. The highest BCUT2D eigenvalue weighted by Gasteiger charge is 2.22. The predicted octanol–water partition coefficient (Wildman–Crippen LogP) is -0.185. The number of nitrogens with one attached hydrogen (secondary N) is 3. The summed E-state index contributed by atoms with van der Waals surface area (Å²) in [4.78, 5) is 27.0. The summed E-state index contributed by atoms with van der Waals surface area (Å²) < 4.78 is 0. The average molecular weight is 267 g/mol. The number of hydrogen-bond donors (Lipinski definition) is 3. The summed E-state index contributed by atoms with van der Waals surface area (Å²) >= 11 is 0. The van der Waals surface area contributed by atoms with Gasteiger partial charge in [-0.3, -0.25) is 9.78 Å². The van der Waals surface area contributed by atoms with Crippen LogP contribution in [0.1, 0.15) is 33.1 Å². The number of aromatic amines is 2. The number of H-pyrrole nitrogens is 2. The molecule has 1 atom stereocenters. The maximum absolute atomic E-state index is 11.8. The van der Waals surface area contributed by atoms with Crippen LogP contribution in [0.25, 0.3) is 0 Å². The number of anilines is 1. The lowest BCUT2D eigenvalue weighted by Crippen LogP contribution is -2.48. The van der Waals surface area contributed by atoms with Gasteiger partial charge in [-0.15, -0.1) is 5.10 Å². The van der Waals surface area contributed by atoms with Crippen molar-refractivity contribution in [1.29, 1.82) is 0 Å². The molecule has 3 N–H and O–H groups in total. The second-order valence-corrected chi connectivity index (χ2v) is 5.22. The van der Waals surface area contributed by atoms with Crippen LogP contribution < -0.4 is 21.5 Å². The third kappa shape index (κ3) is 3.44. The van der Waals surface area contributed by atoms with Gasteiger partial charge in [0.05, 0.1) is 0 Å². The Labute approximate surface area is 111 Å². The Morgan fingerprint density at radius 3 is 2.74 bits per heavy atom. The van der Waals surface area contributed by atoms with Crippen molar-refractivity contribution in [3.63, 3.8) is 0 Å². The number of aromatic nitrogens is 3. The summed E-state index contributed by atoms with van der Waals surface area (Å²) in [5, 5.41) is 9.62. The highest BCUT2D eigenvalue weighted by molar-refractivity contribution is 5.35. The molecule has 106 valence electrons. The normalized spacial score (nSPS) is 19.6. The molecule has 1 saturated heterocycles. The van der Waals surface area contributed by atoms with Crippen molar-refractivity contribution in [3.05, 3.63) is 20.8 Å². The van der Waals surface area contributed by atoms with Crippen LogP contribution >= 0.6 is 0 Å². The predicted molar refractivity (Wildman–Crippen MR) is 73.6 cm³/mol. The number of nitrogens with zero attached hydrogens (tertiary/aromatic N) is 2. The Morgan fingerprint density at radius 2 is 2.16 bits per heavy atom. The zero-order valence-corrected chi connectivity index (χ0v) is 11.4. The van der Waals surface area contributed by atoms with E-state index in [1.807, 2.05) is 18.7 Å². The smallest absolute Gasteiger partial charge is 0.342 e. The van der Waals surface area contributed by atoms with E-state index in [1.54, 1.807) is 0 Å². The van der Waals surface area contributed by atoms with Gasteiger partial charge in [-0.05, 0) is 33.2 Å². The summed E-state index contributed by atoms with van der Waals surface area (Å²) in [6.45, 7) is 5.76. The lowest BCUT2D eigenvalue weighted by molar-refractivity contribution is 0.392. The van der Waals surface area contributed by atoms with E-state index in [0.29, 0.717) is 6.04 Å². The van der Waals surface area contributed by atoms with Gasteiger partial charge in [0.2, 0.25) is 5.82 Å². The summed E-state index contributed by atoms with van der Waals surface area (Å²) in [6.07, 6.45) is 3.51. The second-order valence-electron chi connectivity index (χ2n) is 5.22. The van der Waals surface area contributed by atoms with Crippen molar-refractivity contribution in [3.8, 4) is 0 Å². The van der Waals surface area contributed by atoms with Crippen molar-refractivity contribution in [2.75, 3.05) is 18.0 Å². The van der Waals surface area contributed by atoms with Crippen molar-refractivity contribution in [2.24, 2.45) is 0 Å². The third-order valence-electron chi connectivity index (χ3n) is 3.42. The van der Waals surface area contributed by atoms with Gasteiger partial charge in [-0.2, -0.15) is 0 Å². The quantitative estimate of drug-likeness (QED) is 0.703.